The molecule has 0 radical (unpaired) electrons. The van der Waals surface area contributed by atoms with Gasteiger partial charge in [0.05, 0.1) is 0 Å². The van der Waals surface area contributed by atoms with Gasteiger partial charge in [-0.15, -0.1) is 24.8 Å². The molecule has 0 amide bonds. The van der Waals surface area contributed by atoms with Crippen molar-refractivity contribution >= 4 is 30.8 Å². The predicted molar refractivity (Wildman–Crippen MR) is 113 cm³/mol. The summed E-state index contributed by atoms with van der Waals surface area (Å²) >= 11 is 0. The Balaban J connectivity index is 0.00000182. The minimum Gasteiger partial charge on any atom is -0.482 e. The van der Waals surface area contributed by atoms with Crippen LogP contribution in [0.4, 0.5) is 0 Å². The summed E-state index contributed by atoms with van der Waals surface area (Å²) in [6.45, 7) is 2.02. The van der Waals surface area contributed by atoms with Gasteiger partial charge in [-0.05, 0) is 82.3 Å². The zero-order chi connectivity index (χ0) is 17.6. The number of nitrogens with one attached hydrogen (secondary N) is 1. The summed E-state index contributed by atoms with van der Waals surface area (Å²) in [7, 11) is 2.32. The van der Waals surface area contributed by atoms with Crippen LogP contribution in [0.3, 0.4) is 0 Å². The lowest BCUT2D eigenvalue weighted by molar-refractivity contribution is -0.139. The average Bonchev–Trinajstić information content (AvgIpc) is 2.67. The SMILES string of the molecule is CN(C1CCNCC1)[C@H]1CC[C@H](c2ccc(OCC(=O)O)cc2)CC1.Cl.Cl. The van der Waals surface area contributed by atoms with Gasteiger partial charge >= 0.3 is 5.97 Å². The third kappa shape index (κ3) is 6.83. The number of nitrogens with zero attached hydrogens (tertiary/aromatic N) is 1. The number of carbonyl (C=O) groups is 1. The van der Waals surface area contributed by atoms with Gasteiger partial charge in [0.15, 0.2) is 6.61 Å². The minimum atomic E-state index is -0.944. The molecular formula is C20H32Cl2N2O3. The van der Waals surface area contributed by atoms with Crippen LogP contribution in [0.5, 0.6) is 5.75 Å². The molecule has 27 heavy (non-hydrogen) atoms. The number of rotatable bonds is 6. The fourth-order valence-corrected chi connectivity index (χ4v) is 4.31. The maximum absolute atomic E-state index is 10.6. The fraction of sp³-hybridized carbons (Fsp3) is 0.650. The van der Waals surface area contributed by atoms with E-state index >= 15 is 0 Å². The highest BCUT2D eigenvalue weighted by atomic mass is 35.5. The van der Waals surface area contributed by atoms with Gasteiger partial charge in [0.1, 0.15) is 5.75 Å². The lowest BCUT2D eigenvalue weighted by Gasteiger charge is -2.40. The molecule has 1 aromatic carbocycles. The number of ether oxygens (including phenoxy) is 1. The van der Waals surface area contributed by atoms with Crippen molar-refractivity contribution in [1.29, 1.82) is 0 Å². The highest BCUT2D eigenvalue weighted by Crippen LogP contribution is 2.36. The molecule has 0 unspecified atom stereocenters. The van der Waals surface area contributed by atoms with Gasteiger partial charge in [-0.3, -0.25) is 0 Å². The summed E-state index contributed by atoms with van der Waals surface area (Å²) in [6.07, 6.45) is 7.54. The maximum Gasteiger partial charge on any atom is 0.341 e. The van der Waals surface area contributed by atoms with Crippen molar-refractivity contribution in [3.8, 4) is 5.75 Å². The highest BCUT2D eigenvalue weighted by Gasteiger charge is 2.29. The van der Waals surface area contributed by atoms with Gasteiger partial charge in [0, 0.05) is 12.1 Å². The topological polar surface area (TPSA) is 61.8 Å². The van der Waals surface area contributed by atoms with Crippen molar-refractivity contribution in [1.82, 2.24) is 10.2 Å². The zero-order valence-corrected chi connectivity index (χ0v) is 17.6. The number of carboxylic acid groups (broad SMARTS) is 1. The Kier molecular flexibility index (Phi) is 10.5. The molecule has 0 atom stereocenters. The summed E-state index contributed by atoms with van der Waals surface area (Å²) in [6, 6.07) is 9.44. The van der Waals surface area contributed by atoms with Crippen molar-refractivity contribution < 1.29 is 14.6 Å². The standard InChI is InChI=1S/C20H30N2O3.2ClH/c1-22(18-10-12-21-13-11-18)17-6-2-15(3-7-17)16-4-8-19(9-5-16)25-14-20(23)24;;/h4-5,8-9,15,17-18,21H,2-3,6-7,10-14H2,1H3,(H,23,24);2*1H/t15-,17-;;. The van der Waals surface area contributed by atoms with Crippen LogP contribution in [0, 0.1) is 0 Å². The van der Waals surface area contributed by atoms with Crippen molar-refractivity contribution in [3.05, 3.63) is 29.8 Å². The van der Waals surface area contributed by atoms with Crippen LogP contribution >= 0.6 is 24.8 Å². The van der Waals surface area contributed by atoms with Crippen molar-refractivity contribution in [2.75, 3.05) is 26.7 Å². The number of carboxylic acids is 1. The summed E-state index contributed by atoms with van der Waals surface area (Å²) in [5.74, 6) is 0.303. The van der Waals surface area contributed by atoms with Gasteiger partial charge in [-0.1, -0.05) is 12.1 Å². The van der Waals surface area contributed by atoms with Crippen molar-refractivity contribution in [2.24, 2.45) is 0 Å². The first-order valence-electron chi connectivity index (χ1n) is 9.50. The van der Waals surface area contributed by atoms with Crippen LogP contribution in [0.2, 0.25) is 0 Å². The Bertz CT molecular complexity index is 557. The highest BCUT2D eigenvalue weighted by molar-refractivity contribution is 5.85. The summed E-state index contributed by atoms with van der Waals surface area (Å²) in [5, 5.41) is 12.1. The molecule has 1 heterocycles. The molecular weight excluding hydrogens is 387 g/mol. The van der Waals surface area contributed by atoms with Gasteiger partial charge < -0.3 is 20.1 Å². The van der Waals surface area contributed by atoms with E-state index in [-0.39, 0.29) is 31.4 Å². The van der Waals surface area contributed by atoms with Gasteiger partial charge in [0.25, 0.3) is 0 Å². The second kappa shape index (κ2) is 11.7. The molecule has 2 aliphatic rings. The van der Waals surface area contributed by atoms with Crippen LogP contribution in [-0.2, 0) is 4.79 Å². The summed E-state index contributed by atoms with van der Waals surface area (Å²) in [5.41, 5.74) is 1.35. The van der Waals surface area contributed by atoms with Crippen molar-refractivity contribution in [2.45, 2.75) is 56.5 Å². The van der Waals surface area contributed by atoms with Crippen molar-refractivity contribution in [3.63, 3.8) is 0 Å². The number of halogens is 2. The molecule has 0 aromatic heterocycles. The molecule has 154 valence electrons. The third-order valence-electron chi connectivity index (χ3n) is 5.87. The maximum atomic E-state index is 10.6. The smallest absolute Gasteiger partial charge is 0.341 e. The molecule has 1 aromatic rings. The number of benzene rings is 1. The predicted octanol–water partition coefficient (Wildman–Crippen LogP) is 3.70. The second-order valence-corrected chi connectivity index (χ2v) is 7.40. The largest absolute Gasteiger partial charge is 0.482 e. The van der Waals surface area contributed by atoms with Gasteiger partial charge in [-0.2, -0.15) is 0 Å². The Morgan fingerprint density at radius 2 is 1.59 bits per heavy atom. The molecule has 0 bridgehead atoms. The Labute approximate surface area is 174 Å². The Morgan fingerprint density at radius 1 is 1.04 bits per heavy atom. The monoisotopic (exact) mass is 418 g/mol. The van der Waals surface area contributed by atoms with Crippen LogP contribution in [0.1, 0.15) is 50.0 Å². The summed E-state index contributed by atoms with van der Waals surface area (Å²) < 4.78 is 5.21. The summed E-state index contributed by atoms with van der Waals surface area (Å²) in [4.78, 5) is 13.2. The van der Waals surface area contributed by atoms with E-state index in [9.17, 15) is 4.79 Å². The van der Waals surface area contributed by atoms with E-state index < -0.39 is 5.97 Å². The van der Waals surface area contributed by atoms with E-state index in [1.54, 1.807) is 0 Å². The third-order valence-corrected chi connectivity index (χ3v) is 5.87. The van der Waals surface area contributed by atoms with E-state index in [0.717, 1.165) is 25.2 Å². The van der Waals surface area contributed by atoms with E-state index in [0.29, 0.717) is 11.7 Å². The molecule has 1 saturated heterocycles. The van der Waals surface area contributed by atoms with E-state index in [1.165, 1.54) is 44.1 Å². The average molecular weight is 419 g/mol. The molecule has 1 saturated carbocycles. The molecule has 0 spiro atoms. The van der Waals surface area contributed by atoms with Crippen LogP contribution in [-0.4, -0.2) is 54.8 Å². The first kappa shape index (κ1) is 24.0. The molecule has 1 aliphatic carbocycles. The van der Waals surface area contributed by atoms with E-state index in [2.05, 4.69) is 29.4 Å². The van der Waals surface area contributed by atoms with E-state index in [4.69, 9.17) is 9.84 Å². The molecule has 2 fully saturated rings. The quantitative estimate of drug-likeness (QED) is 0.736. The van der Waals surface area contributed by atoms with Gasteiger partial charge in [0.2, 0.25) is 0 Å². The van der Waals surface area contributed by atoms with E-state index in [1.807, 2.05) is 12.1 Å². The molecule has 1 aliphatic heterocycles. The number of hydrogen-bond acceptors (Lipinski definition) is 4. The Morgan fingerprint density at radius 3 is 2.15 bits per heavy atom. The lowest BCUT2D eigenvalue weighted by Crippen LogP contribution is -2.46. The minimum absolute atomic E-state index is 0. The zero-order valence-electron chi connectivity index (χ0n) is 15.9. The number of aliphatic carboxylic acids is 1. The number of hydrogen-bond donors (Lipinski definition) is 2. The molecule has 7 heteroatoms. The Hall–Kier alpha value is -1.01. The van der Waals surface area contributed by atoms with Crippen LogP contribution in [0.25, 0.3) is 0 Å². The molecule has 5 nitrogen and oxygen atoms in total. The first-order chi connectivity index (χ1) is 12.1. The number of piperidine rings is 1. The lowest BCUT2D eigenvalue weighted by atomic mass is 9.81. The van der Waals surface area contributed by atoms with Crippen LogP contribution in [0.15, 0.2) is 24.3 Å². The second-order valence-electron chi connectivity index (χ2n) is 7.40. The van der Waals surface area contributed by atoms with Crippen LogP contribution < -0.4 is 10.1 Å². The normalized spacial score (nSPS) is 23.2. The van der Waals surface area contributed by atoms with Gasteiger partial charge in [-0.25, -0.2) is 4.79 Å². The molecule has 3 rings (SSSR count). The fourth-order valence-electron chi connectivity index (χ4n) is 4.31. The molecule has 2 N–H and O–H groups in total. The first-order valence-corrected chi connectivity index (χ1v) is 9.50.